The zero-order valence-corrected chi connectivity index (χ0v) is 11.0. The number of rotatable bonds is 4. The number of hydrogen-bond acceptors (Lipinski definition) is 4. The van der Waals surface area contributed by atoms with Crippen LogP contribution in [0.5, 0.6) is 0 Å². The average Bonchev–Trinajstić information content (AvgIpc) is 2.27. The van der Waals surface area contributed by atoms with Gasteiger partial charge in [-0.1, -0.05) is 0 Å². The van der Waals surface area contributed by atoms with Crippen LogP contribution < -0.4 is 10.5 Å². The third-order valence-corrected chi connectivity index (χ3v) is 4.58. The normalized spacial score (nSPS) is 23.1. The second-order valence-corrected chi connectivity index (χ2v) is 6.14. The second-order valence-electron chi connectivity index (χ2n) is 4.46. The van der Waals surface area contributed by atoms with E-state index < -0.39 is 26.6 Å². The van der Waals surface area contributed by atoms with Gasteiger partial charge >= 0.3 is 0 Å². The number of methoxy groups -OCH3 is 1. The van der Waals surface area contributed by atoms with Crippen molar-refractivity contribution in [3.63, 3.8) is 0 Å². The van der Waals surface area contributed by atoms with Crippen LogP contribution in [-0.2, 0) is 14.8 Å². The van der Waals surface area contributed by atoms with Gasteiger partial charge in [-0.25, -0.2) is 21.9 Å². The maximum absolute atomic E-state index is 13.5. The molecule has 0 aliphatic heterocycles. The zero-order chi connectivity index (χ0) is 14.2. The highest BCUT2D eigenvalue weighted by Gasteiger charge is 2.34. The van der Waals surface area contributed by atoms with Crippen molar-refractivity contribution in [2.75, 3.05) is 12.8 Å². The van der Waals surface area contributed by atoms with Crippen molar-refractivity contribution in [2.45, 2.75) is 29.9 Å². The van der Waals surface area contributed by atoms with Gasteiger partial charge in [-0.15, -0.1) is 0 Å². The van der Waals surface area contributed by atoms with Gasteiger partial charge in [0.15, 0.2) is 11.6 Å². The van der Waals surface area contributed by atoms with Gasteiger partial charge in [-0.3, -0.25) is 0 Å². The monoisotopic (exact) mass is 292 g/mol. The van der Waals surface area contributed by atoms with E-state index in [4.69, 9.17) is 10.5 Å². The summed E-state index contributed by atoms with van der Waals surface area (Å²) in [6.45, 7) is 0. The molecule has 1 aliphatic carbocycles. The molecule has 0 unspecified atom stereocenters. The predicted molar refractivity (Wildman–Crippen MR) is 64.9 cm³/mol. The van der Waals surface area contributed by atoms with Gasteiger partial charge in [0.2, 0.25) is 10.0 Å². The van der Waals surface area contributed by atoms with Crippen LogP contribution in [0.15, 0.2) is 17.0 Å². The summed E-state index contributed by atoms with van der Waals surface area (Å²) in [6.07, 6.45) is 1.000. The molecule has 2 rings (SSSR count). The Balaban J connectivity index is 2.21. The highest BCUT2D eigenvalue weighted by molar-refractivity contribution is 7.89. The SMILES string of the molecule is COC1CC(NS(=O)(=O)c2cc(N)cc(F)c2F)C1. The molecule has 1 fully saturated rings. The fourth-order valence-corrected chi connectivity index (χ4v) is 3.30. The third-order valence-electron chi connectivity index (χ3n) is 3.06. The Morgan fingerprint density at radius 1 is 1.37 bits per heavy atom. The molecule has 1 aromatic carbocycles. The van der Waals surface area contributed by atoms with Gasteiger partial charge in [0, 0.05) is 18.8 Å². The summed E-state index contributed by atoms with van der Waals surface area (Å²) in [4.78, 5) is -0.772. The molecule has 0 radical (unpaired) electrons. The van der Waals surface area contributed by atoms with Crippen molar-refractivity contribution in [3.05, 3.63) is 23.8 Å². The van der Waals surface area contributed by atoms with Crippen molar-refractivity contribution in [2.24, 2.45) is 0 Å². The van der Waals surface area contributed by atoms with Crippen LogP contribution in [0.4, 0.5) is 14.5 Å². The van der Waals surface area contributed by atoms with E-state index in [0.717, 1.165) is 12.1 Å². The molecule has 8 heteroatoms. The van der Waals surface area contributed by atoms with E-state index in [1.807, 2.05) is 0 Å². The van der Waals surface area contributed by atoms with Crippen LogP contribution in [0, 0.1) is 11.6 Å². The number of sulfonamides is 1. The van der Waals surface area contributed by atoms with Gasteiger partial charge in [-0.05, 0) is 25.0 Å². The molecule has 5 nitrogen and oxygen atoms in total. The predicted octanol–water partition coefficient (Wildman–Crippen LogP) is 1.00. The van der Waals surface area contributed by atoms with E-state index in [1.165, 1.54) is 7.11 Å². The lowest BCUT2D eigenvalue weighted by Gasteiger charge is -2.34. The number of hydrogen-bond donors (Lipinski definition) is 2. The number of anilines is 1. The zero-order valence-electron chi connectivity index (χ0n) is 10.2. The fourth-order valence-electron chi connectivity index (χ4n) is 1.92. The first-order valence-electron chi connectivity index (χ1n) is 5.63. The van der Waals surface area contributed by atoms with Gasteiger partial charge in [0.1, 0.15) is 4.90 Å². The van der Waals surface area contributed by atoms with Crippen molar-refractivity contribution < 1.29 is 21.9 Å². The standard InChI is InChI=1S/C11H14F2N2O3S/c1-18-8-4-7(5-8)15-19(16,17)10-3-6(14)2-9(12)11(10)13/h2-3,7-8,15H,4-5,14H2,1H3. The van der Waals surface area contributed by atoms with Crippen LogP contribution >= 0.6 is 0 Å². The van der Waals surface area contributed by atoms with Gasteiger partial charge < -0.3 is 10.5 Å². The molecule has 19 heavy (non-hydrogen) atoms. The maximum Gasteiger partial charge on any atom is 0.243 e. The minimum absolute atomic E-state index is 0.00451. The minimum atomic E-state index is -4.13. The Kier molecular flexibility index (Phi) is 3.75. The average molecular weight is 292 g/mol. The number of nitrogen functional groups attached to an aromatic ring is 1. The van der Waals surface area contributed by atoms with Crippen molar-refractivity contribution in [3.8, 4) is 0 Å². The molecule has 0 spiro atoms. The maximum atomic E-state index is 13.5. The smallest absolute Gasteiger partial charge is 0.243 e. The van der Waals surface area contributed by atoms with Crippen LogP contribution in [0.3, 0.4) is 0 Å². The molecular weight excluding hydrogens is 278 g/mol. The van der Waals surface area contributed by atoms with Crippen molar-refractivity contribution in [1.29, 1.82) is 0 Å². The van der Waals surface area contributed by atoms with E-state index in [2.05, 4.69) is 4.72 Å². The molecule has 0 heterocycles. The lowest BCUT2D eigenvalue weighted by atomic mass is 9.90. The van der Waals surface area contributed by atoms with Crippen LogP contribution in [0.2, 0.25) is 0 Å². The number of halogens is 2. The minimum Gasteiger partial charge on any atom is -0.399 e. The van der Waals surface area contributed by atoms with Crippen LogP contribution in [0.1, 0.15) is 12.8 Å². The number of benzene rings is 1. The molecule has 3 N–H and O–H groups in total. The molecule has 0 atom stereocenters. The summed E-state index contributed by atoms with van der Waals surface area (Å²) >= 11 is 0. The number of ether oxygens (including phenoxy) is 1. The van der Waals surface area contributed by atoms with Crippen molar-refractivity contribution in [1.82, 2.24) is 4.72 Å². The number of nitrogens with two attached hydrogens (primary N) is 1. The summed E-state index contributed by atoms with van der Waals surface area (Å²) in [7, 11) is -2.60. The fraction of sp³-hybridized carbons (Fsp3) is 0.455. The molecule has 0 bridgehead atoms. The largest absolute Gasteiger partial charge is 0.399 e. The van der Waals surface area contributed by atoms with Gasteiger partial charge in [0.25, 0.3) is 0 Å². The first-order chi connectivity index (χ1) is 8.83. The topological polar surface area (TPSA) is 81.4 Å². The molecule has 106 valence electrons. The Hall–Kier alpha value is -1.25. The molecule has 1 aliphatic rings. The third kappa shape index (κ3) is 2.85. The molecule has 1 saturated carbocycles. The van der Waals surface area contributed by atoms with Crippen LogP contribution in [0.25, 0.3) is 0 Å². The summed E-state index contributed by atoms with van der Waals surface area (Å²) < 4.78 is 57.9. The van der Waals surface area contributed by atoms with E-state index in [1.54, 1.807) is 0 Å². The summed E-state index contributed by atoms with van der Waals surface area (Å²) in [5.74, 6) is -2.71. The Morgan fingerprint density at radius 3 is 2.58 bits per heavy atom. The first kappa shape index (κ1) is 14.2. The Labute approximate surface area is 109 Å². The lowest BCUT2D eigenvalue weighted by Crippen LogP contribution is -2.47. The molecule has 1 aromatic rings. The summed E-state index contributed by atoms with van der Waals surface area (Å²) in [5.41, 5.74) is 5.18. The molecule has 0 amide bonds. The van der Waals surface area contributed by atoms with Crippen LogP contribution in [-0.4, -0.2) is 27.7 Å². The van der Waals surface area contributed by atoms with E-state index in [-0.39, 0.29) is 17.8 Å². The molecule has 0 aromatic heterocycles. The Bertz CT molecular complexity index is 586. The second kappa shape index (κ2) is 5.03. The van der Waals surface area contributed by atoms with Gasteiger partial charge in [0.05, 0.1) is 6.10 Å². The lowest BCUT2D eigenvalue weighted by molar-refractivity contribution is 0.0236. The van der Waals surface area contributed by atoms with Crippen molar-refractivity contribution >= 4 is 15.7 Å². The number of nitrogens with one attached hydrogen (secondary N) is 1. The summed E-state index contributed by atoms with van der Waals surface area (Å²) in [6, 6.07) is 1.30. The Morgan fingerprint density at radius 2 is 2.00 bits per heavy atom. The highest BCUT2D eigenvalue weighted by Crippen LogP contribution is 2.26. The van der Waals surface area contributed by atoms with Gasteiger partial charge in [-0.2, -0.15) is 0 Å². The van der Waals surface area contributed by atoms with E-state index >= 15 is 0 Å². The first-order valence-corrected chi connectivity index (χ1v) is 7.11. The van der Waals surface area contributed by atoms with E-state index in [0.29, 0.717) is 12.8 Å². The summed E-state index contributed by atoms with van der Waals surface area (Å²) in [5, 5.41) is 0. The highest BCUT2D eigenvalue weighted by atomic mass is 32.2. The molecule has 0 saturated heterocycles. The molecular formula is C11H14F2N2O3S. The quantitative estimate of drug-likeness (QED) is 0.811. The van der Waals surface area contributed by atoms with E-state index in [9.17, 15) is 17.2 Å².